The zero-order valence-electron chi connectivity index (χ0n) is 12.2. The zero-order chi connectivity index (χ0) is 14.9. The fourth-order valence-corrected chi connectivity index (χ4v) is 3.89. The number of imidazole rings is 1. The van der Waals surface area contributed by atoms with E-state index in [1.807, 2.05) is 23.6 Å². The van der Waals surface area contributed by atoms with Crippen molar-refractivity contribution in [3.63, 3.8) is 0 Å². The van der Waals surface area contributed by atoms with Crippen molar-refractivity contribution in [1.82, 2.24) is 14.7 Å². The molecule has 0 aromatic carbocycles. The first-order chi connectivity index (χ1) is 10.2. The summed E-state index contributed by atoms with van der Waals surface area (Å²) >= 11 is 5.65. The van der Waals surface area contributed by atoms with Crippen molar-refractivity contribution in [1.29, 1.82) is 0 Å². The van der Waals surface area contributed by atoms with Gasteiger partial charge in [0, 0.05) is 25.1 Å². The SMILES string of the molecule is CCNC(=S)C1(c2ccc3nccn3c2)CCCCC1O. The average molecular weight is 303 g/mol. The van der Waals surface area contributed by atoms with Gasteiger partial charge >= 0.3 is 0 Å². The highest BCUT2D eigenvalue weighted by Crippen LogP contribution is 2.40. The predicted octanol–water partition coefficient (Wildman–Crippen LogP) is 2.44. The van der Waals surface area contributed by atoms with Crippen LogP contribution >= 0.6 is 12.2 Å². The zero-order valence-corrected chi connectivity index (χ0v) is 13.1. The molecule has 2 atom stereocenters. The van der Waals surface area contributed by atoms with Gasteiger partial charge in [-0.15, -0.1) is 0 Å². The van der Waals surface area contributed by atoms with Gasteiger partial charge in [-0.25, -0.2) is 4.98 Å². The molecule has 5 heteroatoms. The third-order valence-electron chi connectivity index (χ3n) is 4.51. The number of aromatic nitrogens is 2. The number of hydrogen-bond acceptors (Lipinski definition) is 3. The molecule has 1 fully saturated rings. The number of fused-ring (bicyclic) bond motifs is 1. The van der Waals surface area contributed by atoms with Gasteiger partial charge in [0.1, 0.15) is 5.65 Å². The van der Waals surface area contributed by atoms with E-state index in [1.54, 1.807) is 6.20 Å². The Kier molecular flexibility index (Phi) is 3.95. The van der Waals surface area contributed by atoms with Crippen molar-refractivity contribution in [3.8, 4) is 0 Å². The van der Waals surface area contributed by atoms with Gasteiger partial charge in [-0.05, 0) is 31.4 Å². The van der Waals surface area contributed by atoms with Crippen molar-refractivity contribution < 1.29 is 5.11 Å². The first-order valence-electron chi connectivity index (χ1n) is 7.58. The first-order valence-corrected chi connectivity index (χ1v) is 7.99. The smallest absolute Gasteiger partial charge is 0.136 e. The van der Waals surface area contributed by atoms with E-state index in [0.717, 1.165) is 48.4 Å². The summed E-state index contributed by atoms with van der Waals surface area (Å²) in [5.74, 6) is 0. The van der Waals surface area contributed by atoms with E-state index in [-0.39, 0.29) is 0 Å². The number of hydrogen-bond donors (Lipinski definition) is 2. The Morgan fingerprint density at radius 3 is 3.14 bits per heavy atom. The highest BCUT2D eigenvalue weighted by molar-refractivity contribution is 7.80. The van der Waals surface area contributed by atoms with Crippen molar-refractivity contribution in [2.75, 3.05) is 6.54 Å². The maximum atomic E-state index is 10.7. The number of nitrogens with one attached hydrogen (secondary N) is 1. The molecule has 1 aliphatic carbocycles. The van der Waals surface area contributed by atoms with Crippen LogP contribution in [0, 0.1) is 0 Å². The second kappa shape index (κ2) is 5.73. The summed E-state index contributed by atoms with van der Waals surface area (Å²) < 4.78 is 1.99. The molecule has 0 bridgehead atoms. The lowest BCUT2D eigenvalue weighted by Gasteiger charge is -2.42. The Labute approximate surface area is 130 Å². The van der Waals surface area contributed by atoms with Gasteiger partial charge in [-0.3, -0.25) is 0 Å². The second-order valence-corrected chi connectivity index (χ2v) is 6.11. The van der Waals surface area contributed by atoms with Crippen LogP contribution < -0.4 is 5.32 Å². The van der Waals surface area contributed by atoms with Crippen LogP contribution in [0.1, 0.15) is 38.2 Å². The third-order valence-corrected chi connectivity index (χ3v) is 5.02. The molecule has 1 aliphatic rings. The molecular weight excluding hydrogens is 282 g/mol. The molecule has 2 aromatic rings. The highest BCUT2D eigenvalue weighted by Gasteiger charge is 2.45. The number of likely N-dealkylation sites (N-methyl/N-ethyl adjacent to an activating group) is 1. The average Bonchev–Trinajstić information content (AvgIpc) is 2.95. The quantitative estimate of drug-likeness (QED) is 0.855. The summed E-state index contributed by atoms with van der Waals surface area (Å²) in [4.78, 5) is 5.04. The molecule has 2 aromatic heterocycles. The fraction of sp³-hybridized carbons (Fsp3) is 0.500. The van der Waals surface area contributed by atoms with Crippen LogP contribution in [0.4, 0.5) is 0 Å². The number of rotatable bonds is 3. The third kappa shape index (κ3) is 2.34. The lowest BCUT2D eigenvalue weighted by Crippen LogP contribution is -2.53. The molecule has 0 radical (unpaired) electrons. The molecule has 0 saturated heterocycles. The second-order valence-electron chi connectivity index (χ2n) is 5.70. The number of aliphatic hydroxyl groups excluding tert-OH is 1. The van der Waals surface area contributed by atoms with Gasteiger partial charge in [-0.2, -0.15) is 0 Å². The van der Waals surface area contributed by atoms with E-state index >= 15 is 0 Å². The first kappa shape index (κ1) is 14.5. The van der Waals surface area contributed by atoms with Gasteiger partial charge in [0.15, 0.2) is 0 Å². The minimum atomic E-state index is -0.470. The van der Waals surface area contributed by atoms with E-state index < -0.39 is 11.5 Å². The van der Waals surface area contributed by atoms with Crippen LogP contribution in [0.25, 0.3) is 5.65 Å². The number of thiocarbonyl (C=S) groups is 1. The van der Waals surface area contributed by atoms with Gasteiger partial charge in [0.25, 0.3) is 0 Å². The summed E-state index contributed by atoms with van der Waals surface area (Å²) in [6.45, 7) is 2.81. The summed E-state index contributed by atoms with van der Waals surface area (Å²) in [6, 6.07) is 4.05. The predicted molar refractivity (Wildman–Crippen MR) is 87.6 cm³/mol. The summed E-state index contributed by atoms with van der Waals surface area (Å²) in [6.07, 6.45) is 9.17. The van der Waals surface area contributed by atoms with Gasteiger partial charge in [-0.1, -0.05) is 31.1 Å². The minimum Gasteiger partial charge on any atom is -0.392 e. The van der Waals surface area contributed by atoms with Gasteiger partial charge in [0.2, 0.25) is 0 Å². The Morgan fingerprint density at radius 1 is 1.52 bits per heavy atom. The molecule has 2 unspecified atom stereocenters. The lowest BCUT2D eigenvalue weighted by atomic mass is 9.67. The fourth-order valence-electron chi connectivity index (χ4n) is 3.39. The topological polar surface area (TPSA) is 49.6 Å². The number of pyridine rings is 1. The Balaban J connectivity index is 2.10. The van der Waals surface area contributed by atoms with Gasteiger partial charge in [0.05, 0.1) is 16.5 Å². The molecule has 2 heterocycles. The van der Waals surface area contributed by atoms with Crippen LogP contribution in [-0.4, -0.2) is 32.1 Å². The molecule has 2 N–H and O–H groups in total. The Bertz CT molecular complexity index is 654. The van der Waals surface area contributed by atoms with Crippen molar-refractivity contribution in [3.05, 3.63) is 36.3 Å². The maximum absolute atomic E-state index is 10.7. The molecular formula is C16H21N3OS. The molecule has 0 aliphatic heterocycles. The summed E-state index contributed by atoms with van der Waals surface area (Å²) in [7, 11) is 0. The van der Waals surface area contributed by atoms with E-state index in [1.165, 1.54) is 0 Å². The van der Waals surface area contributed by atoms with E-state index in [2.05, 4.69) is 22.6 Å². The number of nitrogens with zero attached hydrogens (tertiary/aromatic N) is 2. The molecule has 3 rings (SSSR count). The van der Waals surface area contributed by atoms with Crippen molar-refractivity contribution >= 4 is 22.9 Å². The summed E-state index contributed by atoms with van der Waals surface area (Å²) in [5.41, 5.74) is 1.52. The Morgan fingerprint density at radius 2 is 2.38 bits per heavy atom. The lowest BCUT2D eigenvalue weighted by molar-refractivity contribution is 0.0774. The highest BCUT2D eigenvalue weighted by atomic mass is 32.1. The van der Waals surface area contributed by atoms with Crippen molar-refractivity contribution in [2.45, 2.75) is 44.1 Å². The number of aliphatic hydroxyl groups is 1. The molecule has 1 saturated carbocycles. The largest absolute Gasteiger partial charge is 0.392 e. The van der Waals surface area contributed by atoms with Crippen molar-refractivity contribution in [2.24, 2.45) is 0 Å². The van der Waals surface area contributed by atoms with E-state index in [4.69, 9.17) is 12.2 Å². The van der Waals surface area contributed by atoms with Crippen LogP contribution in [0.2, 0.25) is 0 Å². The monoisotopic (exact) mass is 303 g/mol. The minimum absolute atomic E-state index is 0.432. The molecule has 112 valence electrons. The molecule has 0 spiro atoms. The maximum Gasteiger partial charge on any atom is 0.136 e. The van der Waals surface area contributed by atoms with E-state index in [9.17, 15) is 5.11 Å². The van der Waals surface area contributed by atoms with E-state index in [0.29, 0.717) is 0 Å². The standard InChI is InChI=1S/C16H21N3OS/c1-2-17-15(21)16(8-4-3-5-13(16)20)12-6-7-14-18-9-10-19(14)11-12/h6-7,9-11,13,20H,2-5,8H2,1H3,(H,17,21). The van der Waals surface area contributed by atoms with Crippen LogP contribution in [0.5, 0.6) is 0 Å². The summed E-state index contributed by atoms with van der Waals surface area (Å²) in [5, 5.41) is 14.0. The van der Waals surface area contributed by atoms with Crippen LogP contribution in [0.3, 0.4) is 0 Å². The van der Waals surface area contributed by atoms with Gasteiger partial charge < -0.3 is 14.8 Å². The molecule has 0 amide bonds. The van der Waals surface area contributed by atoms with Crippen LogP contribution in [-0.2, 0) is 5.41 Å². The Hall–Kier alpha value is -1.46. The molecule has 21 heavy (non-hydrogen) atoms. The normalized spacial score (nSPS) is 25.9. The van der Waals surface area contributed by atoms with Crippen LogP contribution in [0.15, 0.2) is 30.7 Å². The molecule has 4 nitrogen and oxygen atoms in total.